The maximum atomic E-state index is 13.6. The minimum Gasteiger partial charge on any atom is -0.292 e. The molecule has 0 aliphatic rings. The van der Waals surface area contributed by atoms with Crippen molar-refractivity contribution in [2.24, 2.45) is 0 Å². The van der Waals surface area contributed by atoms with E-state index in [0.29, 0.717) is 35.2 Å². The fraction of sp³-hybridized carbons (Fsp3) is 0.200. The number of benzene rings is 2. The SMILES string of the molecule is C=CCn1c(CC)nc2c(c1=O)c1nc3ccccc3nc1n2-c1ccc(CC)cc1. The third-order valence-corrected chi connectivity index (χ3v) is 5.67. The van der Waals surface area contributed by atoms with E-state index in [9.17, 15) is 4.79 Å². The third-order valence-electron chi connectivity index (χ3n) is 5.67. The van der Waals surface area contributed by atoms with Crippen molar-refractivity contribution < 1.29 is 0 Å². The zero-order chi connectivity index (χ0) is 21.5. The van der Waals surface area contributed by atoms with Crippen molar-refractivity contribution in [2.45, 2.75) is 33.2 Å². The zero-order valence-electron chi connectivity index (χ0n) is 17.7. The van der Waals surface area contributed by atoms with Crippen molar-refractivity contribution in [3.05, 3.63) is 82.9 Å². The van der Waals surface area contributed by atoms with E-state index < -0.39 is 0 Å². The molecule has 0 unspecified atom stereocenters. The van der Waals surface area contributed by atoms with E-state index in [2.05, 4.69) is 37.8 Å². The molecule has 0 spiro atoms. The molecule has 6 nitrogen and oxygen atoms in total. The lowest BCUT2D eigenvalue weighted by atomic mass is 10.1. The maximum absolute atomic E-state index is 13.6. The molecule has 0 amide bonds. The van der Waals surface area contributed by atoms with Gasteiger partial charge in [-0.3, -0.25) is 13.9 Å². The fourth-order valence-corrected chi connectivity index (χ4v) is 4.08. The van der Waals surface area contributed by atoms with Crippen molar-refractivity contribution in [2.75, 3.05) is 0 Å². The molecule has 3 heterocycles. The van der Waals surface area contributed by atoms with Gasteiger partial charge in [0.2, 0.25) is 0 Å². The number of hydrogen-bond donors (Lipinski definition) is 0. The van der Waals surface area contributed by atoms with Crippen molar-refractivity contribution in [3.8, 4) is 5.69 Å². The summed E-state index contributed by atoms with van der Waals surface area (Å²) in [7, 11) is 0. The second-order valence-electron chi connectivity index (χ2n) is 7.52. The number of aryl methyl sites for hydroxylation is 2. The average Bonchev–Trinajstić information content (AvgIpc) is 3.12. The van der Waals surface area contributed by atoms with Gasteiger partial charge >= 0.3 is 0 Å². The Balaban J connectivity index is 1.98. The Morgan fingerprint density at radius 1 is 0.903 bits per heavy atom. The van der Waals surface area contributed by atoms with Gasteiger partial charge in [0, 0.05) is 18.7 Å². The summed E-state index contributed by atoms with van der Waals surface area (Å²) in [5.74, 6) is 0.719. The highest BCUT2D eigenvalue weighted by Crippen LogP contribution is 2.29. The van der Waals surface area contributed by atoms with Gasteiger partial charge in [-0.15, -0.1) is 6.58 Å². The molecule has 0 fully saturated rings. The van der Waals surface area contributed by atoms with Crippen LogP contribution in [0.15, 0.2) is 66.0 Å². The van der Waals surface area contributed by atoms with E-state index in [1.54, 1.807) is 10.6 Å². The van der Waals surface area contributed by atoms with Gasteiger partial charge in [0.1, 0.15) is 16.7 Å². The van der Waals surface area contributed by atoms with Gasteiger partial charge in [0.05, 0.1) is 11.0 Å². The highest BCUT2D eigenvalue weighted by molar-refractivity contribution is 6.05. The minimum atomic E-state index is -0.111. The molecule has 0 aliphatic heterocycles. The molecular formula is C25H23N5O. The van der Waals surface area contributed by atoms with Gasteiger partial charge in [-0.2, -0.15) is 0 Å². The summed E-state index contributed by atoms with van der Waals surface area (Å²) in [6.45, 7) is 8.34. The Labute approximate surface area is 179 Å². The van der Waals surface area contributed by atoms with Crippen molar-refractivity contribution in [1.29, 1.82) is 0 Å². The van der Waals surface area contributed by atoms with Crippen LogP contribution in [0.3, 0.4) is 0 Å². The highest BCUT2D eigenvalue weighted by Gasteiger charge is 2.22. The Morgan fingerprint density at radius 2 is 1.61 bits per heavy atom. The zero-order valence-corrected chi connectivity index (χ0v) is 17.7. The van der Waals surface area contributed by atoms with Crippen LogP contribution in [0.1, 0.15) is 25.2 Å². The average molecular weight is 409 g/mol. The largest absolute Gasteiger partial charge is 0.292 e. The Morgan fingerprint density at radius 3 is 2.26 bits per heavy atom. The molecule has 5 rings (SSSR count). The lowest BCUT2D eigenvalue weighted by molar-refractivity contribution is 0.698. The predicted octanol–water partition coefficient (Wildman–Crippen LogP) is 4.59. The lowest BCUT2D eigenvalue weighted by Crippen LogP contribution is -2.24. The second-order valence-corrected chi connectivity index (χ2v) is 7.52. The van der Waals surface area contributed by atoms with Gasteiger partial charge in [-0.25, -0.2) is 15.0 Å². The number of allylic oxidation sites excluding steroid dienone is 1. The molecule has 6 heteroatoms. The van der Waals surface area contributed by atoms with Crippen LogP contribution in [-0.4, -0.2) is 24.1 Å². The summed E-state index contributed by atoms with van der Waals surface area (Å²) in [5.41, 5.74) is 5.40. The Hall–Kier alpha value is -3.80. The van der Waals surface area contributed by atoms with Crippen LogP contribution in [0.25, 0.3) is 38.9 Å². The molecule has 0 saturated carbocycles. The van der Waals surface area contributed by atoms with E-state index in [0.717, 1.165) is 29.0 Å². The molecule has 0 atom stereocenters. The van der Waals surface area contributed by atoms with Crippen LogP contribution in [-0.2, 0) is 19.4 Å². The van der Waals surface area contributed by atoms with Crippen molar-refractivity contribution >= 4 is 33.2 Å². The monoisotopic (exact) mass is 409 g/mol. The lowest BCUT2D eigenvalue weighted by Gasteiger charge is -2.11. The van der Waals surface area contributed by atoms with E-state index in [-0.39, 0.29) is 5.56 Å². The van der Waals surface area contributed by atoms with E-state index in [1.165, 1.54) is 5.56 Å². The van der Waals surface area contributed by atoms with Crippen molar-refractivity contribution in [1.82, 2.24) is 24.1 Å². The summed E-state index contributed by atoms with van der Waals surface area (Å²) < 4.78 is 3.64. The Kier molecular flexibility index (Phi) is 4.62. The van der Waals surface area contributed by atoms with Gasteiger partial charge < -0.3 is 0 Å². The number of hydrogen-bond acceptors (Lipinski definition) is 4. The first-order chi connectivity index (χ1) is 15.2. The quantitative estimate of drug-likeness (QED) is 0.398. The number of nitrogens with zero attached hydrogens (tertiary/aromatic N) is 5. The number of para-hydroxylation sites is 2. The van der Waals surface area contributed by atoms with E-state index >= 15 is 0 Å². The molecule has 0 aliphatic carbocycles. The summed E-state index contributed by atoms with van der Waals surface area (Å²) >= 11 is 0. The van der Waals surface area contributed by atoms with Crippen LogP contribution in [0.5, 0.6) is 0 Å². The topological polar surface area (TPSA) is 65.6 Å². The molecule has 154 valence electrons. The van der Waals surface area contributed by atoms with Crippen LogP contribution in [0, 0.1) is 0 Å². The number of fused-ring (bicyclic) bond motifs is 4. The Bertz CT molecular complexity index is 1510. The highest BCUT2D eigenvalue weighted by atomic mass is 16.1. The van der Waals surface area contributed by atoms with Crippen LogP contribution in [0.2, 0.25) is 0 Å². The molecule has 31 heavy (non-hydrogen) atoms. The van der Waals surface area contributed by atoms with Crippen LogP contribution in [0.4, 0.5) is 0 Å². The first-order valence-corrected chi connectivity index (χ1v) is 10.6. The normalized spacial score (nSPS) is 11.5. The molecular weight excluding hydrogens is 386 g/mol. The fourth-order valence-electron chi connectivity index (χ4n) is 4.08. The molecule has 0 N–H and O–H groups in total. The summed E-state index contributed by atoms with van der Waals surface area (Å²) in [6.07, 6.45) is 3.32. The molecule has 5 aromatic rings. The standard InChI is InChI=1S/C25H23N5O/c1-4-15-29-20(6-3)28-23-21(25(29)31)22-24(27-19-10-8-7-9-18(19)26-22)30(23)17-13-11-16(5-2)12-14-17/h4,7-14H,1,5-6,15H2,2-3H3. The molecule has 0 bridgehead atoms. The van der Waals surface area contributed by atoms with Crippen LogP contribution < -0.4 is 5.56 Å². The van der Waals surface area contributed by atoms with Gasteiger partial charge in [0.15, 0.2) is 11.3 Å². The van der Waals surface area contributed by atoms with Gasteiger partial charge in [-0.05, 0) is 36.2 Å². The number of rotatable bonds is 5. The molecule has 0 saturated heterocycles. The van der Waals surface area contributed by atoms with E-state index in [4.69, 9.17) is 15.0 Å². The van der Waals surface area contributed by atoms with Crippen molar-refractivity contribution in [3.63, 3.8) is 0 Å². The minimum absolute atomic E-state index is 0.111. The molecule has 3 aromatic heterocycles. The summed E-state index contributed by atoms with van der Waals surface area (Å²) in [5, 5.41) is 0.492. The van der Waals surface area contributed by atoms with Gasteiger partial charge in [0.25, 0.3) is 5.56 Å². The third kappa shape index (κ3) is 2.94. The van der Waals surface area contributed by atoms with Crippen LogP contribution >= 0.6 is 0 Å². The number of aromatic nitrogens is 5. The first-order valence-electron chi connectivity index (χ1n) is 10.6. The molecule has 2 aromatic carbocycles. The predicted molar refractivity (Wildman–Crippen MR) is 125 cm³/mol. The van der Waals surface area contributed by atoms with Gasteiger partial charge in [-0.1, -0.05) is 44.2 Å². The molecule has 0 radical (unpaired) electrons. The summed E-state index contributed by atoms with van der Waals surface area (Å²) in [4.78, 5) is 28.2. The smallest absolute Gasteiger partial charge is 0.265 e. The van der Waals surface area contributed by atoms with E-state index in [1.807, 2.05) is 35.8 Å². The maximum Gasteiger partial charge on any atom is 0.265 e. The summed E-state index contributed by atoms with van der Waals surface area (Å²) in [6, 6.07) is 16.0. The second kappa shape index (κ2) is 7.47. The first kappa shape index (κ1) is 19.2.